The quantitative estimate of drug-likeness (QED) is 0.485. The molecular formula is C22H31Cl2N5S. The second kappa shape index (κ2) is 11.2. The Morgan fingerprint density at radius 2 is 1.80 bits per heavy atom. The molecule has 1 saturated heterocycles. The largest absolute Gasteiger partial charge is 0.360 e. The molecule has 2 N–H and O–H groups in total. The van der Waals surface area contributed by atoms with E-state index in [-0.39, 0.29) is 30.9 Å². The summed E-state index contributed by atoms with van der Waals surface area (Å²) in [6.07, 6.45) is 6.53. The van der Waals surface area contributed by atoms with Crippen LogP contribution in [0.25, 0.3) is 5.65 Å². The van der Waals surface area contributed by atoms with Gasteiger partial charge in [-0.3, -0.25) is 4.40 Å². The molecule has 8 heteroatoms. The summed E-state index contributed by atoms with van der Waals surface area (Å²) in [5, 5.41) is 8.75. The third-order valence-electron chi connectivity index (χ3n) is 5.32. The van der Waals surface area contributed by atoms with Crippen LogP contribution in [0.3, 0.4) is 0 Å². The van der Waals surface area contributed by atoms with Crippen LogP contribution < -0.4 is 10.6 Å². The Labute approximate surface area is 195 Å². The average Bonchev–Trinajstić information content (AvgIpc) is 3.14. The molecule has 30 heavy (non-hydrogen) atoms. The summed E-state index contributed by atoms with van der Waals surface area (Å²) in [6.45, 7) is 8.79. The third kappa shape index (κ3) is 5.61. The van der Waals surface area contributed by atoms with E-state index in [4.69, 9.17) is 9.97 Å². The molecule has 1 aromatic carbocycles. The Kier molecular flexibility index (Phi) is 9.29. The number of rotatable bonds is 6. The lowest BCUT2D eigenvalue weighted by molar-refractivity contribution is 0.531. The molecule has 0 amide bonds. The van der Waals surface area contributed by atoms with Gasteiger partial charge >= 0.3 is 0 Å². The van der Waals surface area contributed by atoms with E-state index in [2.05, 4.69) is 66.3 Å². The van der Waals surface area contributed by atoms with E-state index in [1.165, 1.54) is 24.1 Å². The number of aromatic nitrogens is 3. The fourth-order valence-corrected chi connectivity index (χ4v) is 4.80. The van der Waals surface area contributed by atoms with Gasteiger partial charge in [0.2, 0.25) is 0 Å². The highest BCUT2D eigenvalue weighted by molar-refractivity contribution is 7.99. The Morgan fingerprint density at radius 3 is 2.47 bits per heavy atom. The van der Waals surface area contributed by atoms with Crippen LogP contribution in [-0.2, 0) is 0 Å². The molecule has 3 heterocycles. The molecule has 1 aliphatic rings. The topological polar surface area (TPSA) is 54.2 Å². The molecule has 3 aromatic rings. The molecule has 1 aliphatic heterocycles. The van der Waals surface area contributed by atoms with E-state index in [0.29, 0.717) is 11.2 Å². The van der Waals surface area contributed by atoms with Crippen molar-refractivity contribution in [3.63, 3.8) is 0 Å². The number of nitrogens with one attached hydrogen (secondary N) is 2. The van der Waals surface area contributed by atoms with Gasteiger partial charge in [0.05, 0.1) is 6.04 Å². The number of hydrogen-bond acceptors (Lipinski definition) is 5. The molecule has 164 valence electrons. The number of anilines is 1. The standard InChI is InChI=1S/C22H29N5S.2ClH/c1-15(2)19-13-24-22-21(25-16(3)17-7-5-4-6-8-17)26-20(14-27(19)22)28-18-9-11-23-12-10-18;;/h4-8,13-16,18,23H,9-12H2,1-3H3,(H,25,26);2*1H/t16-;;/m0../s1. The van der Waals surface area contributed by atoms with Crippen molar-refractivity contribution in [1.82, 2.24) is 19.7 Å². The summed E-state index contributed by atoms with van der Waals surface area (Å²) in [4.78, 5) is 9.67. The molecule has 1 atom stereocenters. The van der Waals surface area contributed by atoms with E-state index in [1.54, 1.807) is 0 Å². The molecule has 0 aliphatic carbocycles. The van der Waals surface area contributed by atoms with E-state index in [9.17, 15) is 0 Å². The summed E-state index contributed by atoms with van der Waals surface area (Å²) in [6, 6.07) is 10.7. The Morgan fingerprint density at radius 1 is 1.10 bits per heavy atom. The van der Waals surface area contributed by atoms with E-state index in [1.807, 2.05) is 24.0 Å². The second-order valence-electron chi connectivity index (χ2n) is 7.80. The molecule has 0 radical (unpaired) electrons. The SMILES string of the molecule is CC(C)c1cnc2c(N[C@@H](C)c3ccccc3)nc(SC3CCNCC3)cn12.Cl.Cl. The lowest BCUT2D eigenvalue weighted by Crippen LogP contribution is -2.29. The molecule has 0 spiro atoms. The van der Waals surface area contributed by atoms with Gasteiger partial charge in [-0.05, 0) is 44.3 Å². The van der Waals surface area contributed by atoms with Crippen LogP contribution in [0.1, 0.15) is 56.8 Å². The Bertz CT molecular complexity index is 926. The van der Waals surface area contributed by atoms with E-state index in [0.717, 1.165) is 29.6 Å². The maximum atomic E-state index is 4.98. The number of hydrogen-bond donors (Lipinski definition) is 2. The number of fused-ring (bicyclic) bond motifs is 1. The van der Waals surface area contributed by atoms with Crippen LogP contribution in [0.15, 0.2) is 47.8 Å². The minimum Gasteiger partial charge on any atom is -0.360 e. The van der Waals surface area contributed by atoms with Gasteiger partial charge in [0.15, 0.2) is 11.5 Å². The highest BCUT2D eigenvalue weighted by Gasteiger charge is 2.19. The lowest BCUT2D eigenvalue weighted by atomic mass is 10.1. The van der Waals surface area contributed by atoms with Gasteiger partial charge in [0, 0.05) is 23.3 Å². The van der Waals surface area contributed by atoms with Gasteiger partial charge in [0.25, 0.3) is 0 Å². The van der Waals surface area contributed by atoms with Crippen molar-refractivity contribution in [1.29, 1.82) is 0 Å². The minimum absolute atomic E-state index is 0. The molecule has 0 bridgehead atoms. The molecule has 4 rings (SSSR count). The first-order valence-corrected chi connectivity index (χ1v) is 11.1. The van der Waals surface area contributed by atoms with Crippen molar-refractivity contribution < 1.29 is 0 Å². The highest BCUT2D eigenvalue weighted by Crippen LogP contribution is 2.31. The zero-order valence-electron chi connectivity index (χ0n) is 17.7. The maximum Gasteiger partial charge on any atom is 0.180 e. The third-order valence-corrected chi connectivity index (χ3v) is 6.56. The van der Waals surface area contributed by atoms with Crippen LogP contribution in [-0.4, -0.2) is 32.7 Å². The van der Waals surface area contributed by atoms with Gasteiger partial charge in [0.1, 0.15) is 5.03 Å². The van der Waals surface area contributed by atoms with Crippen LogP contribution >= 0.6 is 36.6 Å². The van der Waals surface area contributed by atoms with Crippen LogP contribution in [0.5, 0.6) is 0 Å². The zero-order chi connectivity index (χ0) is 19.5. The van der Waals surface area contributed by atoms with Crippen molar-refractivity contribution in [2.24, 2.45) is 0 Å². The van der Waals surface area contributed by atoms with Crippen LogP contribution in [0.4, 0.5) is 5.82 Å². The van der Waals surface area contributed by atoms with Crippen molar-refractivity contribution in [2.45, 2.75) is 55.8 Å². The molecule has 5 nitrogen and oxygen atoms in total. The summed E-state index contributed by atoms with van der Waals surface area (Å²) < 4.78 is 2.22. The van der Waals surface area contributed by atoms with Crippen LogP contribution in [0, 0.1) is 0 Å². The lowest BCUT2D eigenvalue weighted by Gasteiger charge is -2.22. The van der Waals surface area contributed by atoms with Crippen LogP contribution in [0.2, 0.25) is 0 Å². The highest BCUT2D eigenvalue weighted by atomic mass is 35.5. The van der Waals surface area contributed by atoms with Crippen molar-refractivity contribution in [2.75, 3.05) is 18.4 Å². The predicted octanol–water partition coefficient (Wildman–Crippen LogP) is 5.71. The number of benzene rings is 1. The van der Waals surface area contributed by atoms with Gasteiger partial charge in [-0.1, -0.05) is 44.2 Å². The number of halogens is 2. The Hall–Kier alpha value is -1.47. The average molecular weight is 468 g/mol. The molecule has 0 saturated carbocycles. The fourth-order valence-electron chi connectivity index (χ4n) is 3.68. The number of thioether (sulfide) groups is 1. The summed E-state index contributed by atoms with van der Waals surface area (Å²) in [5.41, 5.74) is 3.37. The number of nitrogens with zero attached hydrogens (tertiary/aromatic N) is 3. The molecule has 2 aromatic heterocycles. The maximum absolute atomic E-state index is 4.98. The number of piperidine rings is 1. The van der Waals surface area contributed by atoms with E-state index >= 15 is 0 Å². The van der Waals surface area contributed by atoms with Crippen molar-refractivity contribution in [3.8, 4) is 0 Å². The second-order valence-corrected chi connectivity index (χ2v) is 9.12. The smallest absolute Gasteiger partial charge is 0.180 e. The first-order valence-electron chi connectivity index (χ1n) is 10.2. The normalized spacial score (nSPS) is 15.5. The fraction of sp³-hybridized carbons (Fsp3) is 0.455. The van der Waals surface area contributed by atoms with Gasteiger partial charge < -0.3 is 10.6 Å². The summed E-state index contributed by atoms with van der Waals surface area (Å²) in [7, 11) is 0. The van der Waals surface area contributed by atoms with Crippen molar-refractivity contribution in [3.05, 3.63) is 54.0 Å². The van der Waals surface area contributed by atoms with Gasteiger partial charge in [-0.25, -0.2) is 9.97 Å². The summed E-state index contributed by atoms with van der Waals surface area (Å²) >= 11 is 1.90. The Balaban J connectivity index is 0.00000160. The first-order chi connectivity index (χ1) is 13.6. The van der Waals surface area contributed by atoms with Crippen molar-refractivity contribution >= 4 is 48.0 Å². The van der Waals surface area contributed by atoms with E-state index < -0.39 is 0 Å². The van der Waals surface area contributed by atoms with Gasteiger partial charge in [-0.15, -0.1) is 36.6 Å². The first kappa shape index (κ1) is 24.8. The predicted molar refractivity (Wildman–Crippen MR) is 132 cm³/mol. The number of imidazole rings is 1. The monoisotopic (exact) mass is 467 g/mol. The van der Waals surface area contributed by atoms with Gasteiger partial charge in [-0.2, -0.15) is 0 Å². The molecule has 0 unspecified atom stereocenters. The zero-order valence-corrected chi connectivity index (χ0v) is 20.1. The molecule has 1 fully saturated rings. The minimum atomic E-state index is 0. The summed E-state index contributed by atoms with van der Waals surface area (Å²) in [5.74, 6) is 1.27. The molecular weight excluding hydrogens is 437 g/mol.